The molecule has 6 nitrogen and oxygen atoms in total. The topological polar surface area (TPSA) is 121 Å². The summed E-state index contributed by atoms with van der Waals surface area (Å²) in [7, 11) is 0. The third kappa shape index (κ3) is 38.6. The minimum absolute atomic E-state index is 1.13. The van der Waals surface area contributed by atoms with Gasteiger partial charge in [-0.1, -0.05) is 26.2 Å². The predicted molar refractivity (Wildman–Crippen MR) is 114 cm³/mol. The van der Waals surface area contributed by atoms with Gasteiger partial charge in [-0.15, -0.1) is 0 Å². The van der Waals surface area contributed by atoms with E-state index in [-0.39, 0.29) is 0 Å². The van der Waals surface area contributed by atoms with Crippen LogP contribution in [0.3, 0.4) is 0 Å². The number of hydrogen-bond acceptors (Lipinski definition) is 6. The molecule has 0 aromatic carbocycles. The molecule has 0 rings (SSSR count). The van der Waals surface area contributed by atoms with Gasteiger partial charge in [-0.2, -0.15) is 0 Å². The van der Waals surface area contributed by atoms with Crippen LogP contribution >= 0.6 is 0 Å². The predicted octanol–water partition coefficient (Wildman–Crippen LogP) is 2.29. The van der Waals surface area contributed by atoms with E-state index in [4.69, 9.17) is 10.2 Å². The van der Waals surface area contributed by atoms with Crippen LogP contribution in [0, 0.1) is 0 Å². The molecule has 0 fully saturated rings. The van der Waals surface area contributed by atoms with Crippen molar-refractivity contribution >= 4 is 28.2 Å². The number of carboxylic acid groups (broad SMARTS) is 2. The van der Waals surface area contributed by atoms with Crippen molar-refractivity contribution in [3.63, 3.8) is 0 Å². The number of aliphatic hydroxyl groups is 2. The third-order valence-electron chi connectivity index (χ3n) is 4.24. The summed E-state index contributed by atoms with van der Waals surface area (Å²) < 4.78 is 0. The molecular formula is C22H43AlO6. The SMILES string of the molecule is CC(O)C(=O)[O-].CC(O)C(=O)[O-].CCCCCCCCCCCCCCC[CH2][Al+2]. The molecule has 2 unspecified atom stereocenters. The molecule has 0 aromatic rings. The summed E-state index contributed by atoms with van der Waals surface area (Å²) in [6.07, 6.45) is 17.7. The first-order valence-corrected chi connectivity index (χ1v) is 12.0. The van der Waals surface area contributed by atoms with Gasteiger partial charge in [-0.25, -0.2) is 0 Å². The van der Waals surface area contributed by atoms with E-state index in [1.807, 2.05) is 0 Å². The second-order valence-electron chi connectivity index (χ2n) is 7.37. The van der Waals surface area contributed by atoms with Gasteiger partial charge >= 0.3 is 92.2 Å². The van der Waals surface area contributed by atoms with Gasteiger partial charge in [0.2, 0.25) is 0 Å². The van der Waals surface area contributed by atoms with E-state index >= 15 is 0 Å². The summed E-state index contributed by atoms with van der Waals surface area (Å²) in [6, 6.07) is 0. The fourth-order valence-electron chi connectivity index (χ4n) is 2.34. The molecule has 170 valence electrons. The van der Waals surface area contributed by atoms with Crippen LogP contribution in [0.15, 0.2) is 0 Å². The fraction of sp³-hybridized carbons (Fsp3) is 0.909. The van der Waals surface area contributed by atoms with E-state index in [2.05, 4.69) is 23.2 Å². The van der Waals surface area contributed by atoms with Crippen LogP contribution in [-0.2, 0) is 9.59 Å². The summed E-state index contributed by atoms with van der Waals surface area (Å²) in [4.78, 5) is 18.7. The number of unbranched alkanes of at least 4 members (excludes halogenated alkanes) is 13. The Morgan fingerprint density at radius 3 is 1.03 bits per heavy atom. The Morgan fingerprint density at radius 1 is 0.655 bits per heavy atom. The number of aliphatic carboxylic acids is 2. The summed E-state index contributed by atoms with van der Waals surface area (Å²) >= 11 is 2.82. The zero-order valence-corrected chi connectivity index (χ0v) is 20.0. The number of aliphatic hydroxyl groups excluding tert-OH is 2. The second-order valence-corrected chi connectivity index (χ2v) is 7.95. The van der Waals surface area contributed by atoms with Gasteiger partial charge in [0.25, 0.3) is 0 Å². The summed E-state index contributed by atoms with van der Waals surface area (Å²) in [6.45, 7) is 4.56. The van der Waals surface area contributed by atoms with Gasteiger partial charge in [0, 0.05) is 0 Å². The van der Waals surface area contributed by atoms with Gasteiger partial charge in [0.1, 0.15) is 0 Å². The average molecular weight is 431 g/mol. The van der Waals surface area contributed by atoms with Crippen LogP contribution in [0.2, 0.25) is 5.28 Å². The number of carboxylic acids is 2. The van der Waals surface area contributed by atoms with Gasteiger partial charge in [0.05, 0.1) is 24.1 Å². The van der Waals surface area contributed by atoms with Crippen molar-refractivity contribution in [2.45, 2.75) is 128 Å². The molecule has 0 saturated heterocycles. The molecule has 0 aliphatic carbocycles. The quantitative estimate of drug-likeness (QED) is 0.286. The van der Waals surface area contributed by atoms with Crippen LogP contribution in [-0.4, -0.2) is 50.6 Å². The van der Waals surface area contributed by atoms with Crippen LogP contribution in [0.1, 0.15) is 111 Å². The van der Waals surface area contributed by atoms with Crippen molar-refractivity contribution in [1.82, 2.24) is 0 Å². The third-order valence-corrected chi connectivity index (χ3v) is 4.65. The number of carbonyl (C=O) groups is 2. The zero-order chi connectivity index (χ0) is 22.9. The maximum absolute atomic E-state index is 9.34. The van der Waals surface area contributed by atoms with Crippen molar-refractivity contribution in [1.29, 1.82) is 0 Å². The standard InChI is InChI=1S/C16H33.2C3H6O3.Al/c1-3-5-7-9-11-13-15-16-14-12-10-8-6-4-2;2*1-2(4)3(5)6;/h1,3-16H2,2H3;2*2,4H,1H3,(H,5,6);/q;;;+2/p-2. The molecule has 0 radical (unpaired) electrons. The molecule has 29 heavy (non-hydrogen) atoms. The molecule has 0 amide bonds. The zero-order valence-electron chi connectivity index (χ0n) is 18.9. The Labute approximate surface area is 186 Å². The van der Waals surface area contributed by atoms with Crippen molar-refractivity contribution in [3.05, 3.63) is 0 Å². The number of carbonyl (C=O) groups excluding carboxylic acids is 2. The van der Waals surface area contributed by atoms with E-state index in [0.717, 1.165) is 13.8 Å². The summed E-state index contributed by atoms with van der Waals surface area (Å²) in [5.41, 5.74) is 0. The van der Waals surface area contributed by atoms with Gasteiger partial charge in [-0.05, 0) is 13.8 Å². The van der Waals surface area contributed by atoms with E-state index in [1.165, 1.54) is 95.2 Å². The molecule has 2 N–H and O–H groups in total. The van der Waals surface area contributed by atoms with E-state index in [1.54, 1.807) is 0 Å². The first-order chi connectivity index (χ1) is 13.7. The van der Waals surface area contributed by atoms with Crippen LogP contribution < -0.4 is 10.2 Å². The summed E-state index contributed by atoms with van der Waals surface area (Å²) in [5.74, 6) is -2.87. The molecular weight excluding hydrogens is 387 g/mol. The van der Waals surface area contributed by atoms with Crippen molar-refractivity contribution < 1.29 is 30.0 Å². The Kier molecular flexibility index (Phi) is 31.2. The molecule has 0 heterocycles. The molecule has 0 spiro atoms. The van der Waals surface area contributed by atoms with Crippen molar-refractivity contribution in [2.75, 3.05) is 0 Å². The fourth-order valence-corrected chi connectivity index (χ4v) is 2.63. The van der Waals surface area contributed by atoms with E-state index in [0.29, 0.717) is 0 Å². The molecule has 7 heteroatoms. The Balaban J connectivity index is -0.000000460. The molecule has 0 bridgehead atoms. The Morgan fingerprint density at radius 2 is 0.862 bits per heavy atom. The Bertz CT molecular complexity index is 316. The normalized spacial score (nSPS) is 12.1. The first kappa shape index (κ1) is 33.0. The van der Waals surface area contributed by atoms with Crippen molar-refractivity contribution in [2.24, 2.45) is 0 Å². The molecule has 0 saturated carbocycles. The van der Waals surface area contributed by atoms with E-state index < -0.39 is 24.1 Å². The van der Waals surface area contributed by atoms with Crippen LogP contribution in [0.25, 0.3) is 0 Å². The average Bonchev–Trinajstić information content (AvgIpc) is 2.66. The van der Waals surface area contributed by atoms with Crippen LogP contribution in [0.4, 0.5) is 0 Å². The minimum atomic E-state index is -1.44. The molecule has 0 aliphatic heterocycles. The maximum atomic E-state index is 9.34. The number of rotatable bonds is 16. The molecule has 2 atom stereocenters. The van der Waals surface area contributed by atoms with Gasteiger partial charge in [0.15, 0.2) is 0 Å². The first-order valence-electron chi connectivity index (χ1n) is 11.2. The second kappa shape index (κ2) is 27.4. The number of hydrogen-bond donors (Lipinski definition) is 2. The molecule has 0 aromatic heterocycles. The monoisotopic (exact) mass is 430 g/mol. The summed E-state index contributed by atoms with van der Waals surface area (Å²) in [5, 5.41) is 35.9. The van der Waals surface area contributed by atoms with Crippen LogP contribution in [0.5, 0.6) is 0 Å². The van der Waals surface area contributed by atoms with Crippen molar-refractivity contribution in [3.8, 4) is 0 Å². The Hall–Kier alpha value is -0.608. The van der Waals surface area contributed by atoms with E-state index in [9.17, 15) is 19.8 Å². The van der Waals surface area contributed by atoms with Gasteiger partial charge < -0.3 is 30.0 Å². The molecule has 0 aliphatic rings. The van der Waals surface area contributed by atoms with Gasteiger partial charge in [-0.3, -0.25) is 0 Å².